The van der Waals surface area contributed by atoms with Gasteiger partial charge < -0.3 is 5.32 Å². The highest BCUT2D eigenvalue weighted by Crippen LogP contribution is 2.19. The van der Waals surface area contributed by atoms with Crippen molar-refractivity contribution in [1.29, 1.82) is 0 Å². The first-order chi connectivity index (χ1) is 9.16. The first-order valence-electron chi connectivity index (χ1n) is 5.89. The summed E-state index contributed by atoms with van der Waals surface area (Å²) in [5, 5.41) is 5.05. The van der Waals surface area contributed by atoms with E-state index < -0.39 is 5.82 Å². The molecule has 0 unspecified atom stereocenters. The van der Waals surface area contributed by atoms with Crippen molar-refractivity contribution < 1.29 is 9.18 Å². The molecule has 2 rings (SSSR count). The highest BCUT2D eigenvalue weighted by atomic mass is 35.5. The van der Waals surface area contributed by atoms with Crippen LogP contribution in [0, 0.1) is 5.82 Å². The van der Waals surface area contributed by atoms with Gasteiger partial charge in [-0.2, -0.15) is 0 Å². The van der Waals surface area contributed by atoms with Gasteiger partial charge in [-0.25, -0.2) is 4.39 Å². The number of rotatable bonds is 5. The van der Waals surface area contributed by atoms with Crippen LogP contribution in [0.3, 0.4) is 0 Å². The maximum Gasteiger partial charge on any atom is 0.224 e. The van der Waals surface area contributed by atoms with Gasteiger partial charge in [0, 0.05) is 22.0 Å². The summed E-state index contributed by atoms with van der Waals surface area (Å²) in [6, 6.07) is 8.40. The number of nitrogens with one attached hydrogen (secondary N) is 1. The zero-order valence-corrected chi connectivity index (χ0v) is 11.7. The molecule has 1 amide bonds. The zero-order valence-electron chi connectivity index (χ0n) is 10.2. The fourth-order valence-corrected chi connectivity index (χ4v) is 2.64. The molecule has 0 atom stereocenters. The van der Waals surface area contributed by atoms with Gasteiger partial charge in [0.05, 0.1) is 6.42 Å². The van der Waals surface area contributed by atoms with Crippen LogP contribution < -0.4 is 5.32 Å². The highest BCUT2D eigenvalue weighted by Gasteiger charge is 2.11. The van der Waals surface area contributed by atoms with Gasteiger partial charge in [0.25, 0.3) is 0 Å². The van der Waals surface area contributed by atoms with Gasteiger partial charge in [0.1, 0.15) is 5.82 Å². The number of thiophene rings is 1. The molecule has 0 bridgehead atoms. The number of hydrogen-bond donors (Lipinski definition) is 1. The quantitative estimate of drug-likeness (QED) is 0.900. The van der Waals surface area contributed by atoms with Crippen molar-refractivity contribution >= 4 is 28.8 Å². The number of amides is 1. The second-order valence-electron chi connectivity index (χ2n) is 4.06. The number of benzene rings is 1. The first kappa shape index (κ1) is 14.0. The standard InChI is InChI=1S/C14H13ClFNOS/c15-12-4-1-5-13(16)11(12)9-14(18)17-7-6-10-3-2-8-19-10/h1-5,8H,6-7,9H2,(H,17,18). The molecule has 1 N–H and O–H groups in total. The minimum absolute atomic E-state index is 0.0318. The Hall–Kier alpha value is -1.39. The van der Waals surface area contributed by atoms with Gasteiger partial charge in [-0.15, -0.1) is 11.3 Å². The second-order valence-corrected chi connectivity index (χ2v) is 5.50. The van der Waals surface area contributed by atoms with Crippen molar-refractivity contribution in [2.75, 3.05) is 6.54 Å². The molecule has 2 aromatic rings. The fourth-order valence-electron chi connectivity index (χ4n) is 1.70. The molecule has 100 valence electrons. The second kappa shape index (κ2) is 6.68. The predicted molar refractivity (Wildman–Crippen MR) is 76.1 cm³/mol. The first-order valence-corrected chi connectivity index (χ1v) is 7.14. The molecule has 0 aliphatic carbocycles. The maximum atomic E-state index is 13.5. The number of carbonyl (C=O) groups excluding carboxylic acids is 1. The smallest absolute Gasteiger partial charge is 0.224 e. The summed E-state index contributed by atoms with van der Waals surface area (Å²) < 4.78 is 13.5. The van der Waals surface area contributed by atoms with Crippen molar-refractivity contribution in [2.24, 2.45) is 0 Å². The molecule has 0 saturated carbocycles. The number of hydrogen-bond acceptors (Lipinski definition) is 2. The van der Waals surface area contributed by atoms with Crippen LogP contribution in [0.25, 0.3) is 0 Å². The number of halogens is 2. The number of carbonyl (C=O) groups is 1. The molecule has 1 aromatic carbocycles. The molecular formula is C14H13ClFNOS. The summed E-state index contributed by atoms with van der Waals surface area (Å²) in [5.41, 5.74) is 0.248. The molecule has 2 nitrogen and oxygen atoms in total. The van der Waals surface area contributed by atoms with E-state index in [0.717, 1.165) is 6.42 Å². The van der Waals surface area contributed by atoms with E-state index >= 15 is 0 Å². The molecule has 0 aliphatic heterocycles. The van der Waals surface area contributed by atoms with E-state index in [1.165, 1.54) is 17.0 Å². The molecule has 5 heteroatoms. The topological polar surface area (TPSA) is 29.1 Å². The Morgan fingerprint density at radius 2 is 2.16 bits per heavy atom. The van der Waals surface area contributed by atoms with E-state index in [2.05, 4.69) is 5.32 Å². The third kappa shape index (κ3) is 4.04. The molecule has 0 radical (unpaired) electrons. The lowest BCUT2D eigenvalue weighted by molar-refractivity contribution is -0.120. The summed E-state index contributed by atoms with van der Waals surface area (Å²) in [4.78, 5) is 12.9. The monoisotopic (exact) mass is 297 g/mol. The van der Waals surface area contributed by atoms with Crippen LogP contribution in [0.4, 0.5) is 4.39 Å². The van der Waals surface area contributed by atoms with E-state index in [4.69, 9.17) is 11.6 Å². The molecule has 1 aromatic heterocycles. The normalized spacial score (nSPS) is 10.4. The third-order valence-corrected chi connectivity index (χ3v) is 3.96. The van der Waals surface area contributed by atoms with Crippen LogP contribution in [-0.4, -0.2) is 12.5 Å². The summed E-state index contributed by atoms with van der Waals surface area (Å²) in [6.07, 6.45) is 0.754. The Kier molecular flexibility index (Phi) is 4.93. The Morgan fingerprint density at radius 3 is 2.84 bits per heavy atom. The third-order valence-electron chi connectivity index (χ3n) is 2.67. The van der Waals surface area contributed by atoms with E-state index in [1.807, 2.05) is 17.5 Å². The van der Waals surface area contributed by atoms with E-state index in [-0.39, 0.29) is 22.9 Å². The lowest BCUT2D eigenvalue weighted by atomic mass is 10.1. The van der Waals surface area contributed by atoms with Crippen molar-refractivity contribution in [3.05, 3.63) is 57.0 Å². The van der Waals surface area contributed by atoms with Gasteiger partial charge in [0.2, 0.25) is 5.91 Å². The fraction of sp³-hybridized carbons (Fsp3) is 0.214. The lowest BCUT2D eigenvalue weighted by Gasteiger charge is -2.07. The average molecular weight is 298 g/mol. The Labute approximate surface area is 120 Å². The van der Waals surface area contributed by atoms with Gasteiger partial charge in [-0.3, -0.25) is 4.79 Å². The largest absolute Gasteiger partial charge is 0.355 e. The van der Waals surface area contributed by atoms with Crippen molar-refractivity contribution in [3.8, 4) is 0 Å². The molecule has 19 heavy (non-hydrogen) atoms. The van der Waals surface area contributed by atoms with Gasteiger partial charge >= 0.3 is 0 Å². The molecular weight excluding hydrogens is 285 g/mol. The molecule has 0 fully saturated rings. The predicted octanol–water partition coefficient (Wildman–Crippen LogP) is 3.44. The van der Waals surface area contributed by atoms with Crippen LogP contribution in [0.2, 0.25) is 5.02 Å². The molecule has 0 saturated heterocycles. The minimum Gasteiger partial charge on any atom is -0.355 e. The summed E-state index contributed by atoms with van der Waals surface area (Å²) >= 11 is 7.52. The van der Waals surface area contributed by atoms with Crippen LogP contribution in [-0.2, 0) is 17.6 Å². The van der Waals surface area contributed by atoms with Crippen molar-refractivity contribution in [1.82, 2.24) is 5.32 Å². The summed E-state index contributed by atoms with van der Waals surface area (Å²) in [6.45, 7) is 0.547. The lowest BCUT2D eigenvalue weighted by Crippen LogP contribution is -2.27. The minimum atomic E-state index is -0.444. The molecule has 1 heterocycles. The maximum absolute atomic E-state index is 13.5. The van der Waals surface area contributed by atoms with Crippen molar-refractivity contribution in [3.63, 3.8) is 0 Å². The van der Waals surface area contributed by atoms with Gasteiger partial charge in [-0.1, -0.05) is 23.7 Å². The van der Waals surface area contributed by atoms with Crippen molar-refractivity contribution in [2.45, 2.75) is 12.8 Å². The van der Waals surface area contributed by atoms with E-state index in [0.29, 0.717) is 6.54 Å². The Morgan fingerprint density at radius 1 is 1.32 bits per heavy atom. The summed E-state index contributed by atoms with van der Waals surface area (Å²) in [5.74, 6) is -0.663. The zero-order chi connectivity index (χ0) is 13.7. The molecule has 0 aliphatic rings. The van der Waals surface area contributed by atoms with Gasteiger partial charge in [-0.05, 0) is 30.0 Å². The van der Waals surface area contributed by atoms with Gasteiger partial charge in [0.15, 0.2) is 0 Å². The average Bonchev–Trinajstić information content (AvgIpc) is 2.87. The highest BCUT2D eigenvalue weighted by molar-refractivity contribution is 7.09. The van der Waals surface area contributed by atoms with E-state index in [1.54, 1.807) is 17.4 Å². The van der Waals surface area contributed by atoms with Crippen LogP contribution in [0.1, 0.15) is 10.4 Å². The van der Waals surface area contributed by atoms with Crippen LogP contribution in [0.15, 0.2) is 35.7 Å². The SMILES string of the molecule is O=C(Cc1c(F)cccc1Cl)NCCc1cccs1. The van der Waals surface area contributed by atoms with E-state index in [9.17, 15) is 9.18 Å². The van der Waals surface area contributed by atoms with Crippen LogP contribution in [0.5, 0.6) is 0 Å². The molecule has 0 spiro atoms. The Bertz CT molecular complexity index is 536. The van der Waals surface area contributed by atoms with Crippen LogP contribution >= 0.6 is 22.9 Å². The summed E-state index contributed by atoms with van der Waals surface area (Å²) in [7, 11) is 0. The Balaban J connectivity index is 1.84.